The first-order chi connectivity index (χ1) is 14.1. The predicted molar refractivity (Wildman–Crippen MR) is 117 cm³/mol. The molecule has 0 aliphatic heterocycles. The fourth-order valence-corrected chi connectivity index (χ4v) is 7.87. The zero-order chi connectivity index (χ0) is 21.7. The minimum atomic E-state index is -0.597. The van der Waals surface area contributed by atoms with Crippen LogP contribution in [-0.4, -0.2) is 23.8 Å². The van der Waals surface area contributed by atoms with Crippen molar-refractivity contribution in [2.75, 3.05) is 0 Å². The lowest BCUT2D eigenvalue weighted by atomic mass is 9.47. The number of nitrogens with zero attached hydrogens (tertiary/aromatic N) is 1. The van der Waals surface area contributed by atoms with Gasteiger partial charge in [0.25, 0.3) is 0 Å². The summed E-state index contributed by atoms with van der Waals surface area (Å²) in [6, 6.07) is -0.597. The van der Waals surface area contributed by atoms with E-state index in [4.69, 9.17) is 10.5 Å². The highest BCUT2D eigenvalue weighted by molar-refractivity contribution is 5.86. The van der Waals surface area contributed by atoms with Crippen molar-refractivity contribution in [3.8, 4) is 0 Å². The van der Waals surface area contributed by atoms with Crippen LogP contribution in [0.5, 0.6) is 0 Å². The summed E-state index contributed by atoms with van der Waals surface area (Å²) in [6.45, 7) is 8.48. The van der Waals surface area contributed by atoms with Gasteiger partial charge in [0, 0.05) is 25.0 Å². The summed E-state index contributed by atoms with van der Waals surface area (Å²) >= 11 is 0. The van der Waals surface area contributed by atoms with Crippen LogP contribution in [0.2, 0.25) is 0 Å². The Labute approximate surface area is 180 Å². The van der Waals surface area contributed by atoms with Crippen molar-refractivity contribution in [3.63, 3.8) is 0 Å². The molecule has 3 N–H and O–H groups in total. The van der Waals surface area contributed by atoms with Crippen LogP contribution in [-0.2, 0) is 9.53 Å². The zero-order valence-corrected chi connectivity index (χ0v) is 18.9. The Morgan fingerprint density at radius 3 is 2.60 bits per heavy atom. The third kappa shape index (κ3) is 3.46. The van der Waals surface area contributed by atoms with Gasteiger partial charge in [-0.05, 0) is 80.5 Å². The van der Waals surface area contributed by atoms with Crippen LogP contribution in [0.1, 0.15) is 79.1 Å². The van der Waals surface area contributed by atoms with Crippen LogP contribution in [0, 0.1) is 34.5 Å². The van der Waals surface area contributed by atoms with E-state index in [1.807, 2.05) is 6.92 Å². The molecule has 0 radical (unpaired) electrons. The smallest absolute Gasteiger partial charge is 0.332 e. The van der Waals surface area contributed by atoms with Crippen molar-refractivity contribution in [3.05, 3.63) is 11.6 Å². The van der Waals surface area contributed by atoms with E-state index in [2.05, 4.69) is 30.5 Å². The van der Waals surface area contributed by atoms with Gasteiger partial charge in [-0.1, -0.05) is 25.5 Å². The molecule has 0 aromatic rings. The average molecular weight is 416 g/mol. The number of amides is 2. The van der Waals surface area contributed by atoms with Gasteiger partial charge in [0.1, 0.15) is 6.10 Å². The van der Waals surface area contributed by atoms with E-state index < -0.39 is 6.03 Å². The molecule has 3 saturated carbocycles. The molecule has 0 saturated heterocycles. The summed E-state index contributed by atoms with van der Waals surface area (Å²) in [5, 5.41) is 4.30. The fourth-order valence-electron chi connectivity index (χ4n) is 7.87. The number of hydrogen-bond acceptors (Lipinski definition) is 4. The fraction of sp³-hybridized carbons (Fsp3) is 0.792. The van der Waals surface area contributed by atoms with E-state index >= 15 is 0 Å². The van der Waals surface area contributed by atoms with Crippen LogP contribution in [0.15, 0.2) is 16.8 Å². The molecule has 0 bridgehead atoms. The summed E-state index contributed by atoms with van der Waals surface area (Å²) in [6.07, 6.45) is 11.5. The topological polar surface area (TPSA) is 93.8 Å². The second kappa shape index (κ2) is 7.69. The number of carbonyl (C=O) groups excluding carboxylic acids is 2. The summed E-state index contributed by atoms with van der Waals surface area (Å²) in [4.78, 5) is 22.5. The summed E-state index contributed by atoms with van der Waals surface area (Å²) < 4.78 is 5.56. The van der Waals surface area contributed by atoms with Crippen molar-refractivity contribution < 1.29 is 14.3 Å². The molecule has 0 aromatic carbocycles. The van der Waals surface area contributed by atoms with Gasteiger partial charge in [-0.15, -0.1) is 0 Å². The first kappa shape index (κ1) is 21.4. The molecule has 30 heavy (non-hydrogen) atoms. The summed E-state index contributed by atoms with van der Waals surface area (Å²) in [5.41, 5.74) is 10.7. The standard InChI is InChI=1S/C24H37N3O3/c1-14(26-27-22(25)29)19-7-8-20-18-6-5-16-13-17(30-15(2)28)9-11-23(16,3)21(18)10-12-24(19,20)4/h5,17-21H,6-13H2,1-4H3,(H3,25,27,29)/t17-,18+,19-,20+,21+,23-,24+/m0/s1. The van der Waals surface area contributed by atoms with Crippen LogP contribution in [0.25, 0.3) is 0 Å². The highest BCUT2D eigenvalue weighted by Gasteiger charge is 2.59. The Kier molecular flexibility index (Phi) is 5.48. The maximum absolute atomic E-state index is 11.4. The number of hydrazone groups is 1. The average Bonchev–Trinajstić information content (AvgIpc) is 3.03. The van der Waals surface area contributed by atoms with E-state index in [0.29, 0.717) is 23.7 Å². The maximum atomic E-state index is 11.4. The third-order valence-electron chi connectivity index (χ3n) is 9.24. The van der Waals surface area contributed by atoms with Gasteiger partial charge in [0.2, 0.25) is 0 Å². The molecule has 0 unspecified atom stereocenters. The molecule has 4 rings (SSSR count). The van der Waals surface area contributed by atoms with Gasteiger partial charge < -0.3 is 10.5 Å². The number of ether oxygens (including phenoxy) is 1. The molecule has 2 amide bonds. The number of rotatable bonds is 3. The second-order valence-corrected chi connectivity index (χ2v) is 10.6. The number of fused-ring (bicyclic) bond motifs is 5. The molecule has 3 fully saturated rings. The third-order valence-corrected chi connectivity index (χ3v) is 9.24. The Morgan fingerprint density at radius 2 is 1.90 bits per heavy atom. The molecule has 4 aliphatic rings. The van der Waals surface area contributed by atoms with Crippen LogP contribution in [0.3, 0.4) is 0 Å². The molecule has 0 aromatic heterocycles. The monoisotopic (exact) mass is 415 g/mol. The number of nitrogens with two attached hydrogens (primary N) is 1. The van der Waals surface area contributed by atoms with Crippen LogP contribution < -0.4 is 11.2 Å². The van der Waals surface area contributed by atoms with Gasteiger partial charge >= 0.3 is 12.0 Å². The van der Waals surface area contributed by atoms with Gasteiger partial charge in [-0.25, -0.2) is 10.2 Å². The maximum Gasteiger partial charge on any atom is 0.332 e. The number of urea groups is 1. The second-order valence-electron chi connectivity index (χ2n) is 10.6. The lowest BCUT2D eigenvalue weighted by Gasteiger charge is -2.58. The van der Waals surface area contributed by atoms with Crippen molar-refractivity contribution in [2.24, 2.45) is 45.3 Å². The molecule has 7 atom stereocenters. The van der Waals surface area contributed by atoms with E-state index in [1.54, 1.807) is 0 Å². The van der Waals surface area contributed by atoms with E-state index in [1.165, 1.54) is 31.8 Å². The molecular formula is C24H37N3O3. The molecule has 166 valence electrons. The lowest BCUT2D eigenvalue weighted by molar-refractivity contribution is -0.148. The van der Waals surface area contributed by atoms with E-state index in [9.17, 15) is 9.59 Å². The molecule has 4 aliphatic carbocycles. The molecule has 6 nitrogen and oxygen atoms in total. The van der Waals surface area contributed by atoms with Crippen LogP contribution in [0.4, 0.5) is 4.79 Å². The van der Waals surface area contributed by atoms with E-state index in [-0.39, 0.29) is 22.9 Å². The van der Waals surface area contributed by atoms with Gasteiger partial charge in [-0.2, -0.15) is 5.10 Å². The molecule has 0 spiro atoms. The van der Waals surface area contributed by atoms with Gasteiger partial charge in [0.05, 0.1) is 0 Å². The molecule has 6 heteroatoms. The van der Waals surface area contributed by atoms with Crippen molar-refractivity contribution >= 4 is 17.7 Å². The highest BCUT2D eigenvalue weighted by atomic mass is 16.5. The largest absolute Gasteiger partial charge is 0.462 e. The lowest BCUT2D eigenvalue weighted by Crippen LogP contribution is -2.51. The number of hydrogen-bond donors (Lipinski definition) is 2. The van der Waals surface area contributed by atoms with Crippen molar-refractivity contribution in [2.45, 2.75) is 85.2 Å². The molecular weight excluding hydrogens is 378 g/mol. The van der Waals surface area contributed by atoms with E-state index in [0.717, 1.165) is 37.8 Å². The quantitative estimate of drug-likeness (QED) is 0.307. The number of carbonyl (C=O) groups is 2. The number of esters is 1. The normalized spacial score (nSPS) is 43.0. The van der Waals surface area contributed by atoms with Gasteiger partial charge in [0.15, 0.2) is 0 Å². The Morgan fingerprint density at radius 1 is 1.13 bits per heavy atom. The molecule has 0 heterocycles. The first-order valence-corrected chi connectivity index (χ1v) is 11.6. The number of allylic oxidation sites excluding steroid dienone is 1. The Hall–Kier alpha value is -1.85. The van der Waals surface area contributed by atoms with Crippen molar-refractivity contribution in [1.29, 1.82) is 0 Å². The van der Waals surface area contributed by atoms with Gasteiger partial charge in [-0.3, -0.25) is 4.79 Å². The van der Waals surface area contributed by atoms with Crippen molar-refractivity contribution in [1.82, 2.24) is 5.43 Å². The summed E-state index contributed by atoms with van der Waals surface area (Å²) in [5.74, 6) is 2.37. The minimum Gasteiger partial charge on any atom is -0.462 e. The summed E-state index contributed by atoms with van der Waals surface area (Å²) in [7, 11) is 0. The SMILES string of the molecule is CC(=O)O[C@H]1CC[C@@]2(C)C(=CC[C@@H]3[C@H]4CC[C@@H](C(C)=NNC(N)=O)[C@@]4(C)CC[C@H]32)C1. The highest BCUT2D eigenvalue weighted by Crippen LogP contribution is 2.66. The predicted octanol–water partition coefficient (Wildman–Crippen LogP) is 4.54. The van der Waals surface area contributed by atoms with Crippen LogP contribution >= 0.6 is 0 Å². The first-order valence-electron chi connectivity index (χ1n) is 11.6. The zero-order valence-electron chi connectivity index (χ0n) is 18.9. The minimum absolute atomic E-state index is 0.0553. The number of nitrogens with one attached hydrogen (secondary N) is 1. The Bertz CT molecular complexity index is 791. The number of primary amides is 1. The Balaban J connectivity index is 1.54.